The molecule has 34 heavy (non-hydrogen) atoms. The number of nitrogens with zero attached hydrogens (tertiary/aromatic N) is 3. The highest BCUT2D eigenvalue weighted by molar-refractivity contribution is 6.31. The molecule has 0 radical (unpaired) electrons. The van der Waals surface area contributed by atoms with E-state index in [0.717, 1.165) is 39.1 Å². The van der Waals surface area contributed by atoms with Crippen LogP contribution in [0.25, 0.3) is 5.69 Å². The minimum absolute atomic E-state index is 0.0881. The predicted molar refractivity (Wildman–Crippen MR) is 119 cm³/mol. The normalized spacial score (nSPS) is 11.5. The lowest BCUT2D eigenvalue weighted by molar-refractivity contribution is -0.137. The van der Waals surface area contributed by atoms with Crippen LogP contribution in [-0.2, 0) is 17.5 Å². The van der Waals surface area contributed by atoms with Crippen LogP contribution < -0.4 is 16.6 Å². The Morgan fingerprint density at radius 3 is 2.41 bits per heavy atom. The van der Waals surface area contributed by atoms with Crippen LogP contribution in [0, 0.1) is 6.92 Å². The Morgan fingerprint density at radius 1 is 1.15 bits per heavy atom. The molecule has 0 aliphatic carbocycles. The summed E-state index contributed by atoms with van der Waals surface area (Å²) in [5, 5.41) is 6.75. The second kappa shape index (κ2) is 10.2. The number of hydrogen-bond acceptors (Lipinski definition) is 5. The van der Waals surface area contributed by atoms with Crippen LogP contribution in [0.2, 0.25) is 5.02 Å². The summed E-state index contributed by atoms with van der Waals surface area (Å²) in [6.45, 7) is 1.64. The highest BCUT2D eigenvalue weighted by atomic mass is 35.5. The number of hydrogen-bond donors (Lipinski definition) is 1. The van der Waals surface area contributed by atoms with Crippen LogP contribution in [0.5, 0.6) is 0 Å². The van der Waals surface area contributed by atoms with Crippen molar-refractivity contribution in [2.24, 2.45) is 0 Å². The van der Waals surface area contributed by atoms with Crippen molar-refractivity contribution in [3.8, 4) is 5.69 Å². The standard InChI is InChI=1S/C22H20ClF3N4O4/c1-13-3-8-16(11-17(13)23)30-21(33)29(12-14-4-6-15(7-5-14)22(24,25)26)20(32)18(28-30)19(31)27-9-10-34-2/h3-8,11H,9-10,12H2,1-2H3,(H,27,31). The molecule has 0 fully saturated rings. The maximum atomic E-state index is 13.1. The van der Waals surface area contributed by atoms with Gasteiger partial charge in [0.1, 0.15) is 0 Å². The van der Waals surface area contributed by atoms with E-state index in [1.54, 1.807) is 13.0 Å². The average Bonchev–Trinajstić information content (AvgIpc) is 2.78. The van der Waals surface area contributed by atoms with Gasteiger partial charge in [0.25, 0.3) is 11.5 Å². The average molecular weight is 497 g/mol. The zero-order valence-corrected chi connectivity index (χ0v) is 18.9. The summed E-state index contributed by atoms with van der Waals surface area (Å²) in [5.41, 5.74) is -2.14. The maximum absolute atomic E-state index is 13.1. The number of nitrogens with one attached hydrogen (secondary N) is 1. The number of aryl methyl sites for hydroxylation is 1. The van der Waals surface area contributed by atoms with E-state index >= 15 is 0 Å². The van der Waals surface area contributed by atoms with Crippen LogP contribution in [0.15, 0.2) is 52.1 Å². The zero-order valence-electron chi connectivity index (χ0n) is 18.1. The first-order valence-electron chi connectivity index (χ1n) is 9.97. The number of halogens is 4. The third-order valence-electron chi connectivity index (χ3n) is 4.89. The molecule has 0 atom stereocenters. The topological polar surface area (TPSA) is 95.2 Å². The number of carbonyl (C=O) groups is 1. The van der Waals surface area contributed by atoms with Crippen molar-refractivity contribution >= 4 is 17.5 Å². The maximum Gasteiger partial charge on any atom is 0.416 e. The summed E-state index contributed by atoms with van der Waals surface area (Å²) in [7, 11) is 1.43. The summed E-state index contributed by atoms with van der Waals surface area (Å²) in [6, 6.07) is 8.62. The highest BCUT2D eigenvalue weighted by Gasteiger charge is 2.30. The fraction of sp³-hybridized carbons (Fsp3) is 0.273. The van der Waals surface area contributed by atoms with E-state index in [-0.39, 0.29) is 30.9 Å². The van der Waals surface area contributed by atoms with Crippen molar-refractivity contribution in [1.29, 1.82) is 0 Å². The lowest BCUT2D eigenvalue weighted by Crippen LogP contribution is -2.46. The van der Waals surface area contributed by atoms with E-state index < -0.39 is 34.6 Å². The number of alkyl halides is 3. The predicted octanol–water partition coefficient (Wildman–Crippen LogP) is 2.80. The van der Waals surface area contributed by atoms with Gasteiger partial charge in [-0.2, -0.15) is 23.0 Å². The van der Waals surface area contributed by atoms with Crippen molar-refractivity contribution in [1.82, 2.24) is 19.7 Å². The minimum atomic E-state index is -4.53. The number of aromatic nitrogens is 3. The van der Waals surface area contributed by atoms with E-state index in [4.69, 9.17) is 16.3 Å². The number of ether oxygens (including phenoxy) is 1. The molecule has 0 saturated heterocycles. The van der Waals surface area contributed by atoms with Gasteiger partial charge in [0.05, 0.1) is 24.4 Å². The van der Waals surface area contributed by atoms with Crippen molar-refractivity contribution < 1.29 is 22.7 Å². The van der Waals surface area contributed by atoms with Gasteiger partial charge in [-0.05, 0) is 42.3 Å². The molecule has 0 bridgehead atoms. The van der Waals surface area contributed by atoms with Gasteiger partial charge in [-0.3, -0.25) is 14.2 Å². The van der Waals surface area contributed by atoms with Crippen LogP contribution >= 0.6 is 11.6 Å². The molecule has 0 aliphatic heterocycles. The molecule has 1 N–H and O–H groups in total. The van der Waals surface area contributed by atoms with Gasteiger partial charge in [0.15, 0.2) is 0 Å². The van der Waals surface area contributed by atoms with E-state index in [0.29, 0.717) is 5.02 Å². The summed E-state index contributed by atoms with van der Waals surface area (Å²) in [4.78, 5) is 38.7. The Balaban J connectivity index is 2.12. The first-order chi connectivity index (χ1) is 16.0. The van der Waals surface area contributed by atoms with Gasteiger partial charge in [0.2, 0.25) is 5.69 Å². The Hall–Kier alpha value is -3.44. The molecule has 0 unspecified atom stereocenters. The van der Waals surface area contributed by atoms with Gasteiger partial charge in [0, 0.05) is 18.7 Å². The molecule has 8 nitrogen and oxygen atoms in total. The van der Waals surface area contributed by atoms with Gasteiger partial charge in [-0.15, -0.1) is 0 Å². The van der Waals surface area contributed by atoms with E-state index in [1.165, 1.54) is 19.2 Å². The second-order valence-electron chi connectivity index (χ2n) is 7.31. The molecular formula is C22H20ClF3N4O4. The van der Waals surface area contributed by atoms with Crippen LogP contribution in [0.1, 0.15) is 27.2 Å². The number of methoxy groups -OCH3 is 1. The van der Waals surface area contributed by atoms with Crippen molar-refractivity contribution in [3.63, 3.8) is 0 Å². The quantitative estimate of drug-likeness (QED) is 0.508. The zero-order chi connectivity index (χ0) is 25.0. The van der Waals surface area contributed by atoms with Gasteiger partial charge in [-0.1, -0.05) is 29.8 Å². The van der Waals surface area contributed by atoms with E-state index in [9.17, 15) is 27.6 Å². The van der Waals surface area contributed by atoms with Crippen molar-refractivity contribution in [2.45, 2.75) is 19.6 Å². The molecule has 0 aliphatic rings. The van der Waals surface area contributed by atoms with Crippen LogP contribution in [0.3, 0.4) is 0 Å². The van der Waals surface area contributed by atoms with Gasteiger partial charge in [-0.25, -0.2) is 4.79 Å². The first-order valence-corrected chi connectivity index (χ1v) is 10.3. The molecule has 1 aromatic heterocycles. The SMILES string of the molecule is COCCNC(=O)c1nn(-c2ccc(C)c(Cl)c2)c(=O)n(Cc2ccc(C(F)(F)F)cc2)c1=O. The van der Waals surface area contributed by atoms with Gasteiger partial charge >= 0.3 is 11.9 Å². The summed E-state index contributed by atoms with van der Waals surface area (Å²) in [5.74, 6) is -0.838. The Labute approximate surface area is 196 Å². The third-order valence-corrected chi connectivity index (χ3v) is 5.30. The number of carbonyl (C=O) groups excluding carboxylic acids is 1. The molecule has 1 heterocycles. The lowest BCUT2D eigenvalue weighted by atomic mass is 10.1. The summed E-state index contributed by atoms with van der Waals surface area (Å²) < 4.78 is 45.0. The summed E-state index contributed by atoms with van der Waals surface area (Å²) >= 11 is 6.16. The third kappa shape index (κ3) is 5.54. The molecule has 180 valence electrons. The van der Waals surface area contributed by atoms with Gasteiger partial charge < -0.3 is 10.1 Å². The Morgan fingerprint density at radius 2 is 1.82 bits per heavy atom. The number of rotatable bonds is 7. The van der Waals surface area contributed by atoms with Crippen LogP contribution in [-0.4, -0.2) is 40.5 Å². The molecule has 2 aromatic carbocycles. The van der Waals surface area contributed by atoms with Crippen LogP contribution in [0.4, 0.5) is 13.2 Å². The largest absolute Gasteiger partial charge is 0.416 e. The Kier molecular flexibility index (Phi) is 7.57. The molecular weight excluding hydrogens is 477 g/mol. The number of amides is 1. The fourth-order valence-corrected chi connectivity index (χ4v) is 3.19. The Bertz CT molecular complexity index is 1320. The lowest BCUT2D eigenvalue weighted by Gasteiger charge is -2.13. The van der Waals surface area contributed by atoms with E-state index in [1.807, 2.05) is 0 Å². The van der Waals surface area contributed by atoms with Crippen molar-refractivity contribution in [2.75, 3.05) is 20.3 Å². The van der Waals surface area contributed by atoms with E-state index in [2.05, 4.69) is 10.4 Å². The summed E-state index contributed by atoms with van der Waals surface area (Å²) in [6.07, 6.45) is -4.53. The first kappa shape index (κ1) is 25.2. The second-order valence-corrected chi connectivity index (χ2v) is 7.72. The molecule has 3 aromatic rings. The minimum Gasteiger partial charge on any atom is -0.383 e. The van der Waals surface area contributed by atoms with Crippen molar-refractivity contribution in [3.05, 3.63) is 90.7 Å². The molecule has 0 spiro atoms. The molecule has 12 heteroatoms. The fourth-order valence-electron chi connectivity index (χ4n) is 3.01. The monoisotopic (exact) mass is 496 g/mol. The highest BCUT2D eigenvalue weighted by Crippen LogP contribution is 2.29. The smallest absolute Gasteiger partial charge is 0.383 e. The molecule has 3 rings (SSSR count). The number of benzene rings is 2. The molecule has 1 amide bonds. The molecule has 0 saturated carbocycles.